The summed E-state index contributed by atoms with van der Waals surface area (Å²) in [6.45, 7) is 0. The van der Waals surface area contributed by atoms with Gasteiger partial charge in [0.2, 0.25) is 0 Å². The number of rotatable bonds is 1. The Hall–Kier alpha value is -2.62. The first-order valence-corrected chi connectivity index (χ1v) is 5.56. The molecule has 0 unspecified atom stereocenters. The molecule has 4 heteroatoms. The molecule has 2 N–H and O–H groups in total. The normalized spacial score (nSPS) is 16.8. The third-order valence-electron chi connectivity index (χ3n) is 2.86. The van der Waals surface area contributed by atoms with E-state index in [1.807, 2.05) is 30.4 Å². The lowest BCUT2D eigenvalue weighted by Crippen LogP contribution is -2.13. The van der Waals surface area contributed by atoms with E-state index >= 15 is 0 Å². The van der Waals surface area contributed by atoms with Crippen LogP contribution in [0.2, 0.25) is 0 Å². The lowest BCUT2D eigenvalue weighted by molar-refractivity contribution is -0.112. The molecule has 0 fully saturated rings. The molecule has 0 aliphatic carbocycles. The number of allylic oxidation sites excluding steroid dienone is 4. The highest BCUT2D eigenvalue weighted by molar-refractivity contribution is 6.52. The number of para-hydroxylation sites is 1. The Kier molecular flexibility index (Phi) is 2.34. The van der Waals surface area contributed by atoms with Gasteiger partial charge in [-0.05, 0) is 18.2 Å². The Bertz CT molecular complexity index is 639. The van der Waals surface area contributed by atoms with Gasteiger partial charge in [0.1, 0.15) is 0 Å². The summed E-state index contributed by atoms with van der Waals surface area (Å²) in [6.07, 6.45) is 9.35. The highest BCUT2D eigenvalue weighted by Gasteiger charge is 2.30. The largest absolute Gasteiger partial charge is 0.361 e. The number of hydrogen-bond acceptors (Lipinski definition) is 3. The van der Waals surface area contributed by atoms with Crippen molar-refractivity contribution in [2.75, 3.05) is 5.32 Å². The second kappa shape index (κ2) is 4.00. The zero-order chi connectivity index (χ0) is 12.5. The van der Waals surface area contributed by atoms with E-state index in [4.69, 9.17) is 0 Å². The van der Waals surface area contributed by atoms with Crippen molar-refractivity contribution >= 4 is 23.1 Å². The van der Waals surface area contributed by atoms with Crippen molar-refractivity contribution in [1.29, 1.82) is 0 Å². The number of ketones is 1. The minimum atomic E-state index is -0.572. The van der Waals surface area contributed by atoms with Crippen molar-refractivity contribution in [1.82, 2.24) is 5.32 Å². The van der Waals surface area contributed by atoms with E-state index in [1.54, 1.807) is 18.3 Å². The van der Waals surface area contributed by atoms with Crippen LogP contribution in [-0.4, -0.2) is 11.7 Å². The van der Waals surface area contributed by atoms with Gasteiger partial charge in [0.25, 0.3) is 11.7 Å². The van der Waals surface area contributed by atoms with Crippen molar-refractivity contribution in [2.24, 2.45) is 0 Å². The average Bonchev–Trinajstić information content (AvgIpc) is 2.61. The Morgan fingerprint density at radius 1 is 0.944 bits per heavy atom. The molecule has 0 spiro atoms. The summed E-state index contributed by atoms with van der Waals surface area (Å²) in [4.78, 5) is 23.0. The molecule has 2 heterocycles. The number of fused-ring (bicyclic) bond motifs is 1. The lowest BCUT2D eigenvalue weighted by Gasteiger charge is -2.10. The Morgan fingerprint density at radius 3 is 2.67 bits per heavy atom. The van der Waals surface area contributed by atoms with Crippen LogP contribution in [0.25, 0.3) is 5.70 Å². The van der Waals surface area contributed by atoms with Crippen molar-refractivity contribution in [3.05, 3.63) is 59.8 Å². The van der Waals surface area contributed by atoms with Crippen LogP contribution in [0.4, 0.5) is 5.69 Å². The second-order valence-corrected chi connectivity index (χ2v) is 3.98. The molecule has 0 saturated carbocycles. The number of amides is 1. The predicted octanol–water partition coefficient (Wildman–Crippen LogP) is 1.84. The molecule has 0 bridgehead atoms. The number of benzene rings is 1. The molecule has 1 aromatic carbocycles. The van der Waals surface area contributed by atoms with Gasteiger partial charge in [0.05, 0.1) is 11.3 Å². The molecule has 1 amide bonds. The number of nitrogens with one attached hydrogen (secondary N) is 2. The molecule has 0 radical (unpaired) electrons. The fourth-order valence-corrected chi connectivity index (χ4v) is 2.02. The molecule has 3 rings (SSSR count). The first-order chi connectivity index (χ1) is 8.77. The van der Waals surface area contributed by atoms with Gasteiger partial charge in [-0.25, -0.2) is 0 Å². The van der Waals surface area contributed by atoms with Crippen LogP contribution in [0.15, 0.2) is 48.7 Å². The predicted molar refractivity (Wildman–Crippen MR) is 68.8 cm³/mol. The summed E-state index contributed by atoms with van der Waals surface area (Å²) >= 11 is 0. The third kappa shape index (κ3) is 1.55. The van der Waals surface area contributed by atoms with Gasteiger partial charge in [0.15, 0.2) is 0 Å². The van der Waals surface area contributed by atoms with Crippen molar-refractivity contribution in [3.63, 3.8) is 0 Å². The van der Waals surface area contributed by atoms with E-state index in [9.17, 15) is 9.59 Å². The maximum absolute atomic E-state index is 11.6. The van der Waals surface area contributed by atoms with E-state index < -0.39 is 11.7 Å². The van der Waals surface area contributed by atoms with Crippen LogP contribution >= 0.6 is 0 Å². The molecule has 1 aromatic rings. The van der Waals surface area contributed by atoms with E-state index in [0.717, 1.165) is 11.3 Å². The molecule has 0 aromatic heterocycles. The molecule has 2 aliphatic heterocycles. The van der Waals surface area contributed by atoms with Gasteiger partial charge in [-0.3, -0.25) is 9.59 Å². The number of carbonyl (C=O) groups excluding carboxylic acids is 2. The van der Waals surface area contributed by atoms with E-state index in [1.165, 1.54) is 0 Å². The molecular formula is C14H10N2O2. The van der Waals surface area contributed by atoms with Gasteiger partial charge in [0, 0.05) is 17.5 Å². The van der Waals surface area contributed by atoms with Crippen LogP contribution in [0.5, 0.6) is 0 Å². The van der Waals surface area contributed by atoms with Gasteiger partial charge in [-0.15, -0.1) is 0 Å². The van der Waals surface area contributed by atoms with Crippen molar-refractivity contribution in [3.8, 4) is 0 Å². The Morgan fingerprint density at radius 2 is 1.78 bits per heavy atom. The third-order valence-corrected chi connectivity index (χ3v) is 2.86. The average molecular weight is 238 g/mol. The monoisotopic (exact) mass is 238 g/mol. The van der Waals surface area contributed by atoms with Crippen molar-refractivity contribution in [2.45, 2.75) is 0 Å². The van der Waals surface area contributed by atoms with Gasteiger partial charge in [-0.1, -0.05) is 24.3 Å². The fraction of sp³-hybridized carbons (Fsp3) is 0. The summed E-state index contributed by atoms with van der Waals surface area (Å²) in [6, 6.07) is 5.29. The van der Waals surface area contributed by atoms with Crippen LogP contribution in [0, 0.1) is 0 Å². The summed E-state index contributed by atoms with van der Waals surface area (Å²) in [5.74, 6) is -1.05. The molecule has 0 atom stereocenters. The van der Waals surface area contributed by atoms with Gasteiger partial charge >= 0.3 is 0 Å². The minimum absolute atomic E-state index is 0.428. The molecule has 0 saturated heterocycles. The SMILES string of the molecule is O=C1Nc2c(cccc2C2=CC=CC=CN2)C1=O. The second-order valence-electron chi connectivity index (χ2n) is 3.98. The van der Waals surface area contributed by atoms with E-state index in [2.05, 4.69) is 10.6 Å². The summed E-state index contributed by atoms with van der Waals surface area (Å²) < 4.78 is 0. The zero-order valence-corrected chi connectivity index (χ0v) is 9.44. The van der Waals surface area contributed by atoms with E-state index in [-0.39, 0.29) is 0 Å². The number of Topliss-reactive ketones (excluding diaryl/α,β-unsaturated/α-hetero) is 1. The lowest BCUT2D eigenvalue weighted by atomic mass is 10.0. The minimum Gasteiger partial charge on any atom is -0.361 e. The van der Waals surface area contributed by atoms with Crippen molar-refractivity contribution < 1.29 is 9.59 Å². The van der Waals surface area contributed by atoms with Gasteiger partial charge in [-0.2, -0.15) is 0 Å². The molecule has 18 heavy (non-hydrogen) atoms. The zero-order valence-electron chi connectivity index (χ0n) is 9.44. The number of anilines is 1. The molecule has 88 valence electrons. The molecule has 2 aliphatic rings. The summed E-state index contributed by atoms with van der Waals surface area (Å²) in [5, 5.41) is 5.73. The van der Waals surface area contributed by atoms with Crippen LogP contribution < -0.4 is 10.6 Å². The van der Waals surface area contributed by atoms with E-state index in [0.29, 0.717) is 11.3 Å². The maximum atomic E-state index is 11.6. The highest BCUT2D eigenvalue weighted by atomic mass is 16.2. The van der Waals surface area contributed by atoms with Crippen LogP contribution in [0.1, 0.15) is 15.9 Å². The number of carbonyl (C=O) groups is 2. The van der Waals surface area contributed by atoms with Crippen LogP contribution in [0.3, 0.4) is 0 Å². The number of hydrogen-bond donors (Lipinski definition) is 2. The Balaban J connectivity index is 2.13. The van der Waals surface area contributed by atoms with Gasteiger partial charge < -0.3 is 10.6 Å². The fourth-order valence-electron chi connectivity index (χ4n) is 2.02. The summed E-state index contributed by atoms with van der Waals surface area (Å²) in [7, 11) is 0. The van der Waals surface area contributed by atoms with Crippen LogP contribution in [-0.2, 0) is 4.79 Å². The smallest absolute Gasteiger partial charge is 0.296 e. The highest BCUT2D eigenvalue weighted by Crippen LogP contribution is 2.31. The first kappa shape index (κ1) is 10.5. The molecule has 4 nitrogen and oxygen atoms in total. The standard InChI is InChI=1S/C14H10N2O2/c17-13-10-6-4-5-9(12(10)16-14(13)18)11-7-2-1-3-8-15-11/h1-8,15H,(H,16,17,18). The Labute approximate surface area is 104 Å². The summed E-state index contributed by atoms with van der Waals surface area (Å²) in [5.41, 5.74) is 2.65. The maximum Gasteiger partial charge on any atom is 0.296 e. The molecular weight excluding hydrogens is 228 g/mol. The quantitative estimate of drug-likeness (QED) is 0.734. The topological polar surface area (TPSA) is 58.2 Å². The first-order valence-electron chi connectivity index (χ1n) is 5.56.